The Morgan fingerprint density at radius 1 is 0.846 bits per heavy atom. The third kappa shape index (κ3) is 2.72. The zero-order chi connectivity index (χ0) is 18.3. The average molecular weight is 380 g/mol. The van der Waals surface area contributed by atoms with Crippen molar-refractivity contribution < 1.29 is 4.79 Å². The Morgan fingerprint density at radius 3 is 1.92 bits per heavy atom. The van der Waals surface area contributed by atoms with Crippen molar-refractivity contribution in [2.75, 3.05) is 11.9 Å². The highest BCUT2D eigenvalue weighted by atomic mass is 35.5. The molecule has 0 saturated heterocycles. The van der Waals surface area contributed by atoms with E-state index in [0.29, 0.717) is 21.3 Å². The van der Waals surface area contributed by atoms with Gasteiger partial charge in [0, 0.05) is 23.2 Å². The van der Waals surface area contributed by atoms with Gasteiger partial charge in [-0.1, -0.05) is 83.9 Å². The smallest absolute Gasteiger partial charge is 0.259 e. The van der Waals surface area contributed by atoms with E-state index >= 15 is 0 Å². The van der Waals surface area contributed by atoms with Crippen LogP contribution in [0.1, 0.15) is 16.7 Å². The van der Waals surface area contributed by atoms with E-state index in [2.05, 4.69) is 0 Å². The van der Waals surface area contributed by atoms with Crippen molar-refractivity contribution in [2.24, 2.45) is 0 Å². The fourth-order valence-electron chi connectivity index (χ4n) is 3.39. The van der Waals surface area contributed by atoms with Gasteiger partial charge in [-0.05, 0) is 23.3 Å². The largest absolute Gasteiger partial charge is 0.309 e. The van der Waals surface area contributed by atoms with Crippen molar-refractivity contribution in [3.8, 4) is 0 Å². The molecule has 4 heteroatoms. The second-order valence-electron chi connectivity index (χ2n) is 6.13. The molecular weight excluding hydrogens is 365 g/mol. The Balaban J connectivity index is 2.11. The van der Waals surface area contributed by atoms with Gasteiger partial charge in [-0.2, -0.15) is 0 Å². The minimum Gasteiger partial charge on any atom is -0.309 e. The summed E-state index contributed by atoms with van der Waals surface area (Å²) < 4.78 is 0. The zero-order valence-corrected chi connectivity index (χ0v) is 15.6. The summed E-state index contributed by atoms with van der Waals surface area (Å²) in [5, 5.41) is 0.980. The second kappa shape index (κ2) is 6.64. The van der Waals surface area contributed by atoms with Crippen LogP contribution in [-0.4, -0.2) is 13.0 Å². The average Bonchev–Trinajstić information content (AvgIpc) is 2.89. The number of hydrogen-bond acceptors (Lipinski definition) is 1. The van der Waals surface area contributed by atoms with Gasteiger partial charge in [0.05, 0.1) is 16.3 Å². The van der Waals surface area contributed by atoms with Crippen molar-refractivity contribution in [3.63, 3.8) is 0 Å². The molecule has 1 amide bonds. The molecule has 1 heterocycles. The van der Waals surface area contributed by atoms with E-state index in [1.807, 2.05) is 66.7 Å². The lowest BCUT2D eigenvalue weighted by Gasteiger charge is -2.13. The molecule has 1 aliphatic rings. The van der Waals surface area contributed by atoms with Gasteiger partial charge in [0.15, 0.2) is 0 Å². The summed E-state index contributed by atoms with van der Waals surface area (Å²) in [4.78, 5) is 14.8. The summed E-state index contributed by atoms with van der Waals surface area (Å²) in [7, 11) is 1.74. The molecule has 1 aliphatic heterocycles. The summed E-state index contributed by atoms with van der Waals surface area (Å²) in [6, 6.07) is 23.3. The molecule has 0 spiro atoms. The Bertz CT molecular complexity index is 985. The maximum Gasteiger partial charge on any atom is 0.259 e. The molecular formula is C22H15Cl2NO. The number of amides is 1. The molecule has 0 bridgehead atoms. The predicted octanol–water partition coefficient (Wildman–Crippen LogP) is 5.93. The first-order valence-corrected chi connectivity index (χ1v) is 8.96. The first-order valence-electron chi connectivity index (χ1n) is 8.20. The van der Waals surface area contributed by atoms with Crippen molar-refractivity contribution in [2.45, 2.75) is 0 Å². The molecule has 0 aromatic heterocycles. The number of halogens is 2. The van der Waals surface area contributed by atoms with Crippen LogP contribution in [0.25, 0.3) is 11.1 Å². The van der Waals surface area contributed by atoms with Gasteiger partial charge >= 0.3 is 0 Å². The predicted molar refractivity (Wildman–Crippen MR) is 109 cm³/mol. The SMILES string of the molecule is CN1C(=O)C(=C(c2ccccc2)c2ccccc2)c2cc(Cl)cc(Cl)c21. The Labute approximate surface area is 162 Å². The first-order chi connectivity index (χ1) is 12.6. The monoisotopic (exact) mass is 379 g/mol. The molecule has 26 heavy (non-hydrogen) atoms. The molecule has 0 N–H and O–H groups in total. The maximum absolute atomic E-state index is 13.2. The highest BCUT2D eigenvalue weighted by Gasteiger charge is 2.35. The third-order valence-corrected chi connectivity index (χ3v) is 5.03. The molecule has 0 saturated carbocycles. The maximum atomic E-state index is 13.2. The second-order valence-corrected chi connectivity index (χ2v) is 6.97. The normalized spacial score (nSPS) is 13.1. The Morgan fingerprint density at radius 2 is 1.38 bits per heavy atom. The molecule has 0 fully saturated rings. The van der Waals surface area contributed by atoms with Gasteiger partial charge in [0.2, 0.25) is 0 Å². The zero-order valence-electron chi connectivity index (χ0n) is 14.0. The quantitative estimate of drug-likeness (QED) is 0.505. The number of carbonyl (C=O) groups is 1. The lowest BCUT2D eigenvalue weighted by atomic mass is 9.90. The van der Waals surface area contributed by atoms with Gasteiger partial charge in [-0.25, -0.2) is 0 Å². The fourth-order valence-corrected chi connectivity index (χ4v) is 4.01. The van der Waals surface area contributed by atoms with Gasteiger partial charge in [-0.3, -0.25) is 4.79 Å². The summed E-state index contributed by atoms with van der Waals surface area (Å²) in [6.45, 7) is 0. The van der Waals surface area contributed by atoms with Gasteiger partial charge < -0.3 is 4.90 Å². The van der Waals surface area contributed by atoms with Crippen LogP contribution in [0.5, 0.6) is 0 Å². The van der Waals surface area contributed by atoms with Gasteiger partial charge in [0.1, 0.15) is 0 Å². The highest BCUT2D eigenvalue weighted by Crippen LogP contribution is 2.46. The molecule has 3 aromatic carbocycles. The summed E-state index contributed by atoms with van der Waals surface area (Å²) >= 11 is 12.6. The van der Waals surface area contributed by atoms with E-state index in [1.54, 1.807) is 18.0 Å². The van der Waals surface area contributed by atoms with Crippen LogP contribution < -0.4 is 4.90 Å². The van der Waals surface area contributed by atoms with Crippen molar-refractivity contribution >= 4 is 45.9 Å². The minimum absolute atomic E-state index is 0.0909. The molecule has 0 radical (unpaired) electrons. The van der Waals surface area contributed by atoms with Crippen LogP contribution in [0.2, 0.25) is 10.0 Å². The van der Waals surface area contributed by atoms with E-state index in [-0.39, 0.29) is 5.91 Å². The summed E-state index contributed by atoms with van der Waals surface area (Å²) in [5.41, 5.74) is 4.89. The molecule has 3 aromatic rings. The number of rotatable bonds is 2. The van der Waals surface area contributed by atoms with E-state index in [4.69, 9.17) is 23.2 Å². The van der Waals surface area contributed by atoms with Crippen LogP contribution >= 0.6 is 23.2 Å². The number of likely N-dealkylation sites (N-methyl/N-ethyl adjacent to an activating group) is 1. The van der Waals surface area contributed by atoms with Crippen LogP contribution in [0.4, 0.5) is 5.69 Å². The number of carbonyl (C=O) groups excluding carboxylic acids is 1. The summed E-state index contributed by atoms with van der Waals surface area (Å²) in [6.07, 6.45) is 0. The molecule has 2 nitrogen and oxygen atoms in total. The molecule has 0 atom stereocenters. The van der Waals surface area contributed by atoms with E-state index in [1.165, 1.54) is 0 Å². The number of fused-ring (bicyclic) bond motifs is 1. The van der Waals surface area contributed by atoms with Crippen LogP contribution in [-0.2, 0) is 4.79 Å². The van der Waals surface area contributed by atoms with Gasteiger partial charge in [-0.15, -0.1) is 0 Å². The van der Waals surface area contributed by atoms with Crippen LogP contribution in [0.15, 0.2) is 72.8 Å². The molecule has 0 unspecified atom stereocenters. The number of hydrogen-bond donors (Lipinski definition) is 0. The lowest BCUT2D eigenvalue weighted by molar-refractivity contribution is -0.112. The van der Waals surface area contributed by atoms with Crippen LogP contribution in [0, 0.1) is 0 Å². The van der Waals surface area contributed by atoms with Crippen molar-refractivity contribution in [1.29, 1.82) is 0 Å². The molecule has 128 valence electrons. The topological polar surface area (TPSA) is 20.3 Å². The number of benzene rings is 3. The molecule has 0 aliphatic carbocycles. The minimum atomic E-state index is -0.0909. The number of nitrogens with zero attached hydrogens (tertiary/aromatic N) is 1. The Hall–Kier alpha value is -2.55. The molecule has 4 rings (SSSR count). The van der Waals surface area contributed by atoms with E-state index < -0.39 is 0 Å². The highest BCUT2D eigenvalue weighted by molar-refractivity contribution is 6.44. The number of anilines is 1. The van der Waals surface area contributed by atoms with Crippen LogP contribution in [0.3, 0.4) is 0 Å². The fraction of sp³-hybridized carbons (Fsp3) is 0.0455. The van der Waals surface area contributed by atoms with E-state index in [0.717, 1.165) is 22.3 Å². The third-order valence-electron chi connectivity index (χ3n) is 4.53. The van der Waals surface area contributed by atoms with E-state index in [9.17, 15) is 4.79 Å². The van der Waals surface area contributed by atoms with Crippen molar-refractivity contribution in [1.82, 2.24) is 0 Å². The van der Waals surface area contributed by atoms with Crippen molar-refractivity contribution in [3.05, 3.63) is 99.5 Å². The first kappa shape index (κ1) is 16.9. The summed E-state index contributed by atoms with van der Waals surface area (Å²) in [5.74, 6) is -0.0909. The standard InChI is InChI=1S/C22H15Cl2NO/c1-25-21-17(12-16(23)13-18(21)24)20(22(25)26)19(14-8-4-2-5-9-14)15-10-6-3-7-11-15/h2-13H,1H3. The lowest BCUT2D eigenvalue weighted by Crippen LogP contribution is -2.21. The Kier molecular flexibility index (Phi) is 4.31. The van der Waals surface area contributed by atoms with Gasteiger partial charge in [0.25, 0.3) is 5.91 Å².